The van der Waals surface area contributed by atoms with Crippen LogP contribution < -0.4 is 0 Å². The molecule has 0 aromatic carbocycles. The zero-order valence-corrected chi connectivity index (χ0v) is 12.6. The summed E-state index contributed by atoms with van der Waals surface area (Å²) in [5.41, 5.74) is 0.872. The lowest BCUT2D eigenvalue weighted by Crippen LogP contribution is -2.28. The highest BCUT2D eigenvalue weighted by atomic mass is 16.4. The number of carboxylic acid groups (broad SMARTS) is 1. The van der Waals surface area contributed by atoms with E-state index in [1.807, 2.05) is 13.1 Å². The molecule has 0 amide bonds. The smallest absolute Gasteiger partial charge is 0.341 e. The lowest BCUT2D eigenvalue weighted by atomic mass is 9.98. The molecule has 0 spiro atoms. The van der Waals surface area contributed by atoms with Crippen molar-refractivity contribution in [2.45, 2.75) is 38.3 Å². The van der Waals surface area contributed by atoms with Gasteiger partial charge in [-0.2, -0.15) is 5.10 Å². The molecular formula is C15H20N4O3. The number of likely N-dealkylation sites (tertiary alicyclic amines) is 1. The summed E-state index contributed by atoms with van der Waals surface area (Å²) in [5.74, 6) is -1.02. The molecule has 3 heterocycles. The van der Waals surface area contributed by atoms with Crippen molar-refractivity contribution in [1.29, 1.82) is 0 Å². The molecule has 1 fully saturated rings. The van der Waals surface area contributed by atoms with Gasteiger partial charge in [0.05, 0.1) is 11.8 Å². The van der Waals surface area contributed by atoms with Crippen LogP contribution in [-0.2, 0) is 6.54 Å². The van der Waals surface area contributed by atoms with Gasteiger partial charge in [-0.25, -0.2) is 14.3 Å². The molecule has 22 heavy (non-hydrogen) atoms. The molecule has 0 aliphatic carbocycles. The Bertz CT molecular complexity index is 695. The monoisotopic (exact) mass is 304 g/mol. The first-order valence-electron chi connectivity index (χ1n) is 7.45. The highest BCUT2D eigenvalue weighted by Gasteiger charge is 2.25. The number of carbonyl (C=O) groups is 1. The first-order valence-corrected chi connectivity index (χ1v) is 7.45. The number of rotatable bonds is 3. The molecule has 2 aromatic heterocycles. The Hall–Kier alpha value is -1.99. The van der Waals surface area contributed by atoms with E-state index in [0.717, 1.165) is 44.5 Å². The molecule has 1 saturated heterocycles. The molecule has 2 aromatic rings. The van der Waals surface area contributed by atoms with Crippen molar-refractivity contribution in [2.24, 2.45) is 0 Å². The van der Waals surface area contributed by atoms with Crippen LogP contribution in [0.3, 0.4) is 0 Å². The average molecular weight is 304 g/mol. The number of aromatic nitrogens is 3. The van der Waals surface area contributed by atoms with Gasteiger partial charge in [0.15, 0.2) is 5.65 Å². The van der Waals surface area contributed by atoms with Crippen LogP contribution in [0.4, 0.5) is 0 Å². The molecule has 0 bridgehead atoms. The van der Waals surface area contributed by atoms with Crippen LogP contribution in [-0.4, -0.2) is 54.4 Å². The van der Waals surface area contributed by atoms with Crippen molar-refractivity contribution in [2.75, 3.05) is 13.1 Å². The normalized spacial score (nSPS) is 23.5. The molecule has 1 aliphatic rings. The van der Waals surface area contributed by atoms with Crippen LogP contribution in [0, 0.1) is 0 Å². The fourth-order valence-corrected chi connectivity index (χ4v) is 2.88. The Morgan fingerprint density at radius 2 is 2.18 bits per heavy atom. The maximum atomic E-state index is 11.1. The predicted molar refractivity (Wildman–Crippen MR) is 79.7 cm³/mol. The van der Waals surface area contributed by atoms with E-state index in [0.29, 0.717) is 5.65 Å². The largest absolute Gasteiger partial charge is 0.477 e. The van der Waals surface area contributed by atoms with E-state index in [2.05, 4.69) is 15.0 Å². The van der Waals surface area contributed by atoms with Gasteiger partial charge >= 0.3 is 5.97 Å². The Balaban J connectivity index is 1.75. The molecule has 3 rings (SSSR count). The number of nitrogens with zero attached hydrogens (tertiary/aromatic N) is 4. The van der Waals surface area contributed by atoms with E-state index >= 15 is 0 Å². The third-order valence-corrected chi connectivity index (χ3v) is 4.20. The number of hydrogen-bond acceptors (Lipinski definition) is 5. The van der Waals surface area contributed by atoms with Crippen molar-refractivity contribution in [3.05, 3.63) is 29.7 Å². The number of aliphatic hydroxyl groups is 1. The highest BCUT2D eigenvalue weighted by molar-refractivity contribution is 5.93. The Kier molecular flexibility index (Phi) is 3.84. The van der Waals surface area contributed by atoms with Gasteiger partial charge in [-0.3, -0.25) is 4.90 Å². The minimum Gasteiger partial charge on any atom is -0.477 e. The summed E-state index contributed by atoms with van der Waals surface area (Å²) < 4.78 is 1.51. The van der Waals surface area contributed by atoms with Crippen LogP contribution in [0.1, 0.15) is 42.1 Å². The Morgan fingerprint density at radius 1 is 1.36 bits per heavy atom. The lowest BCUT2D eigenvalue weighted by Gasteiger charge is -2.22. The summed E-state index contributed by atoms with van der Waals surface area (Å²) in [6.45, 7) is 4.39. The van der Waals surface area contributed by atoms with Crippen molar-refractivity contribution in [3.63, 3.8) is 0 Å². The molecule has 7 heteroatoms. The summed E-state index contributed by atoms with van der Waals surface area (Å²) in [5, 5.41) is 23.2. The number of hydrogen-bond donors (Lipinski definition) is 2. The van der Waals surface area contributed by atoms with Gasteiger partial charge in [-0.15, -0.1) is 0 Å². The van der Waals surface area contributed by atoms with Gasteiger partial charge in [0.25, 0.3) is 0 Å². The number of fused-ring (bicyclic) bond motifs is 1. The molecule has 1 atom stereocenters. The van der Waals surface area contributed by atoms with E-state index in [1.54, 1.807) is 6.20 Å². The number of carboxylic acids is 1. The maximum Gasteiger partial charge on any atom is 0.341 e. The molecule has 2 N–H and O–H groups in total. The maximum absolute atomic E-state index is 11.1. The fraction of sp³-hybridized carbons (Fsp3) is 0.533. The first-order chi connectivity index (χ1) is 10.4. The molecular weight excluding hydrogens is 284 g/mol. The SMILES string of the molecule is C[C@@]1(O)CCCN(Cc2cnc3c(C(=O)O)cnn3c2)CC1. The van der Waals surface area contributed by atoms with Crippen LogP contribution in [0.2, 0.25) is 0 Å². The summed E-state index contributed by atoms with van der Waals surface area (Å²) >= 11 is 0. The Labute approximate surface area is 128 Å². The van der Waals surface area contributed by atoms with Gasteiger partial charge in [0.2, 0.25) is 0 Å². The van der Waals surface area contributed by atoms with E-state index in [9.17, 15) is 9.90 Å². The third kappa shape index (κ3) is 3.10. The van der Waals surface area contributed by atoms with Crippen LogP contribution in [0.25, 0.3) is 5.65 Å². The predicted octanol–water partition coefficient (Wildman–Crippen LogP) is 1.16. The second-order valence-corrected chi connectivity index (χ2v) is 6.22. The minimum absolute atomic E-state index is 0.109. The average Bonchev–Trinajstić information content (AvgIpc) is 2.80. The van der Waals surface area contributed by atoms with Gasteiger partial charge in [0, 0.05) is 31.0 Å². The van der Waals surface area contributed by atoms with E-state index in [-0.39, 0.29) is 5.56 Å². The van der Waals surface area contributed by atoms with Gasteiger partial charge in [-0.1, -0.05) is 0 Å². The van der Waals surface area contributed by atoms with E-state index in [1.165, 1.54) is 10.7 Å². The zero-order chi connectivity index (χ0) is 15.7. The summed E-state index contributed by atoms with van der Waals surface area (Å²) in [7, 11) is 0. The van der Waals surface area contributed by atoms with Crippen LogP contribution >= 0.6 is 0 Å². The van der Waals surface area contributed by atoms with Crippen LogP contribution in [0.15, 0.2) is 18.6 Å². The van der Waals surface area contributed by atoms with E-state index in [4.69, 9.17) is 5.11 Å². The van der Waals surface area contributed by atoms with Gasteiger partial charge in [0.1, 0.15) is 5.56 Å². The zero-order valence-electron chi connectivity index (χ0n) is 12.6. The van der Waals surface area contributed by atoms with E-state index < -0.39 is 11.6 Å². The van der Waals surface area contributed by atoms with Crippen molar-refractivity contribution < 1.29 is 15.0 Å². The van der Waals surface area contributed by atoms with Crippen molar-refractivity contribution in [1.82, 2.24) is 19.5 Å². The third-order valence-electron chi connectivity index (χ3n) is 4.20. The second kappa shape index (κ2) is 5.66. The van der Waals surface area contributed by atoms with Gasteiger partial charge in [-0.05, 0) is 32.7 Å². The lowest BCUT2D eigenvalue weighted by molar-refractivity contribution is 0.0444. The molecule has 0 saturated carbocycles. The first kappa shape index (κ1) is 14.9. The second-order valence-electron chi connectivity index (χ2n) is 6.22. The molecule has 118 valence electrons. The molecule has 7 nitrogen and oxygen atoms in total. The summed E-state index contributed by atoms with van der Waals surface area (Å²) in [6, 6.07) is 0. The Morgan fingerprint density at radius 3 is 2.95 bits per heavy atom. The summed E-state index contributed by atoms with van der Waals surface area (Å²) in [6.07, 6.45) is 7.38. The molecule has 0 unspecified atom stereocenters. The summed E-state index contributed by atoms with van der Waals surface area (Å²) in [4.78, 5) is 17.6. The molecule has 1 aliphatic heterocycles. The molecule has 0 radical (unpaired) electrons. The highest BCUT2D eigenvalue weighted by Crippen LogP contribution is 2.22. The minimum atomic E-state index is -1.02. The fourth-order valence-electron chi connectivity index (χ4n) is 2.88. The topological polar surface area (TPSA) is 91.0 Å². The van der Waals surface area contributed by atoms with Crippen molar-refractivity contribution >= 4 is 11.6 Å². The van der Waals surface area contributed by atoms with Gasteiger partial charge < -0.3 is 10.2 Å². The standard InChI is InChI=1S/C15H20N4O3/c1-15(22)3-2-5-18(6-4-15)9-11-7-16-13-12(14(20)21)8-17-19(13)10-11/h7-8,10,22H,2-6,9H2,1H3,(H,20,21)/t15-/m1/s1. The number of aromatic carboxylic acids is 1. The van der Waals surface area contributed by atoms with Crippen LogP contribution in [0.5, 0.6) is 0 Å². The quantitative estimate of drug-likeness (QED) is 0.884. The van der Waals surface area contributed by atoms with Crippen molar-refractivity contribution in [3.8, 4) is 0 Å².